The minimum Gasteiger partial charge on any atom is -0.333 e. The van der Waals surface area contributed by atoms with Crippen molar-refractivity contribution in [3.05, 3.63) is 105 Å². The lowest BCUT2D eigenvalue weighted by Crippen LogP contribution is -2.39. The summed E-state index contributed by atoms with van der Waals surface area (Å²) in [6.07, 6.45) is 0. The Bertz CT molecular complexity index is 955. The first-order chi connectivity index (χ1) is 12.6. The average Bonchev–Trinajstić information content (AvgIpc) is 2.67. The molecule has 1 atom stereocenters. The molecule has 1 heterocycles. The quantitative estimate of drug-likeness (QED) is 0.562. The van der Waals surface area contributed by atoms with Gasteiger partial charge in [0.1, 0.15) is 0 Å². The molecule has 0 saturated carbocycles. The zero-order chi connectivity index (χ0) is 18.1. The van der Waals surface area contributed by atoms with Gasteiger partial charge in [-0.25, -0.2) is 0 Å². The number of rotatable bonds is 3. The van der Waals surface area contributed by atoms with E-state index < -0.39 is 0 Å². The predicted octanol–water partition coefficient (Wildman–Crippen LogP) is 5.78. The highest BCUT2D eigenvalue weighted by molar-refractivity contribution is 6.42. The first-order valence-electron chi connectivity index (χ1n) is 8.50. The molecule has 2 nitrogen and oxygen atoms in total. The van der Waals surface area contributed by atoms with Gasteiger partial charge in [0, 0.05) is 24.6 Å². The van der Waals surface area contributed by atoms with Gasteiger partial charge >= 0.3 is 0 Å². The predicted molar refractivity (Wildman–Crippen MR) is 106 cm³/mol. The molecule has 1 aliphatic rings. The summed E-state index contributed by atoms with van der Waals surface area (Å²) in [7, 11) is 0. The highest BCUT2D eigenvalue weighted by Gasteiger charge is 2.32. The lowest BCUT2D eigenvalue weighted by atomic mass is 9.84. The second-order valence-corrected chi connectivity index (χ2v) is 7.30. The Morgan fingerprint density at radius 3 is 2.38 bits per heavy atom. The van der Waals surface area contributed by atoms with Gasteiger partial charge in [0.25, 0.3) is 5.91 Å². The van der Waals surface area contributed by atoms with Crippen LogP contribution in [0.5, 0.6) is 0 Å². The van der Waals surface area contributed by atoms with E-state index in [0.29, 0.717) is 23.1 Å². The van der Waals surface area contributed by atoms with Crippen molar-refractivity contribution in [2.75, 3.05) is 6.54 Å². The van der Waals surface area contributed by atoms with Crippen LogP contribution in [0.25, 0.3) is 0 Å². The number of hydrogen-bond acceptors (Lipinski definition) is 1. The van der Waals surface area contributed by atoms with Gasteiger partial charge in [0.15, 0.2) is 0 Å². The number of carbonyl (C=O) groups is 1. The van der Waals surface area contributed by atoms with Gasteiger partial charge in [-0.05, 0) is 34.9 Å². The Morgan fingerprint density at radius 2 is 1.62 bits per heavy atom. The maximum atomic E-state index is 13.0. The van der Waals surface area contributed by atoms with E-state index in [-0.39, 0.29) is 11.8 Å². The standard InChI is InChI=1S/C22H17Cl2NO/c23-20-11-10-16(12-21(20)24)19-14-25(13-15-6-2-1-3-7-15)22(26)18-9-5-4-8-17(18)19/h1-12,19H,13-14H2. The van der Waals surface area contributed by atoms with Gasteiger partial charge in [-0.15, -0.1) is 0 Å². The fourth-order valence-corrected chi connectivity index (χ4v) is 3.83. The molecule has 0 bridgehead atoms. The van der Waals surface area contributed by atoms with E-state index >= 15 is 0 Å². The minimum absolute atomic E-state index is 0.0702. The summed E-state index contributed by atoms with van der Waals surface area (Å²) in [4.78, 5) is 14.9. The van der Waals surface area contributed by atoms with E-state index in [1.54, 1.807) is 0 Å². The van der Waals surface area contributed by atoms with Gasteiger partial charge in [-0.3, -0.25) is 4.79 Å². The highest BCUT2D eigenvalue weighted by Crippen LogP contribution is 2.36. The molecule has 4 rings (SSSR count). The molecule has 26 heavy (non-hydrogen) atoms. The molecular weight excluding hydrogens is 365 g/mol. The monoisotopic (exact) mass is 381 g/mol. The third-order valence-corrected chi connectivity index (χ3v) is 5.56. The maximum Gasteiger partial charge on any atom is 0.254 e. The van der Waals surface area contributed by atoms with Crippen molar-refractivity contribution in [1.29, 1.82) is 0 Å². The lowest BCUT2D eigenvalue weighted by Gasteiger charge is -2.35. The van der Waals surface area contributed by atoms with Gasteiger partial charge < -0.3 is 4.90 Å². The molecular formula is C22H17Cl2NO. The first-order valence-corrected chi connectivity index (χ1v) is 9.26. The number of carbonyl (C=O) groups excluding carboxylic acids is 1. The largest absolute Gasteiger partial charge is 0.333 e. The van der Waals surface area contributed by atoms with Gasteiger partial charge in [-0.1, -0.05) is 77.8 Å². The number of hydrogen-bond donors (Lipinski definition) is 0. The molecule has 0 radical (unpaired) electrons. The molecule has 0 N–H and O–H groups in total. The summed E-state index contributed by atoms with van der Waals surface area (Å²) >= 11 is 12.3. The molecule has 3 aromatic rings. The molecule has 1 unspecified atom stereocenters. The van der Waals surface area contributed by atoms with E-state index in [1.807, 2.05) is 77.7 Å². The number of benzene rings is 3. The lowest BCUT2D eigenvalue weighted by molar-refractivity contribution is 0.0716. The van der Waals surface area contributed by atoms with E-state index in [2.05, 4.69) is 0 Å². The summed E-state index contributed by atoms with van der Waals surface area (Å²) in [5.74, 6) is 0.142. The first kappa shape index (κ1) is 17.1. The van der Waals surface area contributed by atoms with E-state index in [9.17, 15) is 4.79 Å². The van der Waals surface area contributed by atoms with Crippen molar-refractivity contribution in [1.82, 2.24) is 4.90 Å². The Balaban J connectivity index is 1.74. The molecule has 0 aromatic heterocycles. The SMILES string of the molecule is O=C1c2ccccc2C(c2ccc(Cl)c(Cl)c2)CN1Cc1ccccc1. The van der Waals surface area contributed by atoms with Crippen LogP contribution in [-0.2, 0) is 6.54 Å². The number of amides is 1. The van der Waals surface area contributed by atoms with Crippen LogP contribution in [0.1, 0.15) is 33.0 Å². The van der Waals surface area contributed by atoms with Gasteiger partial charge in [0.2, 0.25) is 0 Å². The van der Waals surface area contributed by atoms with Crippen LogP contribution in [0.4, 0.5) is 0 Å². The van der Waals surface area contributed by atoms with Crippen LogP contribution < -0.4 is 0 Å². The fourth-order valence-electron chi connectivity index (χ4n) is 3.52. The van der Waals surface area contributed by atoms with E-state index in [0.717, 1.165) is 22.3 Å². The van der Waals surface area contributed by atoms with Crippen molar-refractivity contribution in [2.24, 2.45) is 0 Å². The summed E-state index contributed by atoms with van der Waals surface area (Å²) in [6.45, 7) is 1.20. The molecule has 1 aliphatic heterocycles. The normalized spacial score (nSPS) is 16.5. The third kappa shape index (κ3) is 3.23. The third-order valence-electron chi connectivity index (χ3n) is 4.82. The van der Waals surface area contributed by atoms with Crippen LogP contribution in [0.2, 0.25) is 10.0 Å². The minimum atomic E-state index is 0.0702. The summed E-state index contributed by atoms with van der Waals surface area (Å²) < 4.78 is 0. The number of halogens is 2. The second-order valence-electron chi connectivity index (χ2n) is 6.48. The molecule has 1 amide bonds. The van der Waals surface area contributed by atoms with Gasteiger partial charge in [-0.2, -0.15) is 0 Å². The molecule has 4 heteroatoms. The summed E-state index contributed by atoms with van der Waals surface area (Å²) in [5, 5.41) is 1.07. The molecule has 3 aromatic carbocycles. The van der Waals surface area contributed by atoms with Crippen molar-refractivity contribution in [2.45, 2.75) is 12.5 Å². The van der Waals surface area contributed by atoms with Crippen LogP contribution >= 0.6 is 23.2 Å². The Morgan fingerprint density at radius 1 is 0.885 bits per heavy atom. The number of fused-ring (bicyclic) bond motifs is 1. The molecule has 0 aliphatic carbocycles. The van der Waals surface area contributed by atoms with Crippen molar-refractivity contribution in [3.8, 4) is 0 Å². The van der Waals surface area contributed by atoms with Crippen LogP contribution in [0.15, 0.2) is 72.8 Å². The Kier molecular flexibility index (Phi) is 4.71. The average molecular weight is 382 g/mol. The Labute approximate surface area is 163 Å². The zero-order valence-electron chi connectivity index (χ0n) is 14.0. The summed E-state index contributed by atoms with van der Waals surface area (Å²) in [5.41, 5.74) is 3.98. The Hall–Kier alpha value is -2.29. The van der Waals surface area contributed by atoms with E-state index in [4.69, 9.17) is 23.2 Å². The molecule has 0 saturated heterocycles. The maximum absolute atomic E-state index is 13.0. The van der Waals surface area contributed by atoms with Crippen molar-refractivity contribution in [3.63, 3.8) is 0 Å². The highest BCUT2D eigenvalue weighted by atomic mass is 35.5. The van der Waals surface area contributed by atoms with Crippen LogP contribution in [0.3, 0.4) is 0 Å². The smallest absolute Gasteiger partial charge is 0.254 e. The second kappa shape index (κ2) is 7.14. The molecule has 0 fully saturated rings. The summed E-state index contributed by atoms with van der Waals surface area (Å²) in [6, 6.07) is 23.6. The van der Waals surface area contributed by atoms with Crippen molar-refractivity contribution >= 4 is 29.1 Å². The number of nitrogens with zero attached hydrogens (tertiary/aromatic N) is 1. The molecule has 0 spiro atoms. The van der Waals surface area contributed by atoms with Crippen LogP contribution in [-0.4, -0.2) is 17.4 Å². The fraction of sp³-hybridized carbons (Fsp3) is 0.136. The van der Waals surface area contributed by atoms with Crippen LogP contribution in [0, 0.1) is 0 Å². The molecule has 130 valence electrons. The van der Waals surface area contributed by atoms with Gasteiger partial charge in [0.05, 0.1) is 10.0 Å². The van der Waals surface area contributed by atoms with E-state index in [1.165, 1.54) is 0 Å². The van der Waals surface area contributed by atoms with Crippen molar-refractivity contribution < 1.29 is 4.79 Å². The topological polar surface area (TPSA) is 20.3 Å². The zero-order valence-corrected chi connectivity index (χ0v) is 15.5.